The van der Waals surface area contributed by atoms with Gasteiger partial charge in [-0.2, -0.15) is 18.3 Å². The molecule has 1 unspecified atom stereocenters. The Morgan fingerprint density at radius 2 is 2.04 bits per heavy atom. The summed E-state index contributed by atoms with van der Waals surface area (Å²) in [5.74, 6) is 0.639. The van der Waals surface area contributed by atoms with E-state index < -0.39 is 11.7 Å². The summed E-state index contributed by atoms with van der Waals surface area (Å²) < 4.78 is 38.2. The van der Waals surface area contributed by atoms with E-state index in [0.717, 1.165) is 55.1 Å². The average Bonchev–Trinajstić information content (AvgIpc) is 3.03. The molecule has 136 valence electrons. The van der Waals surface area contributed by atoms with Gasteiger partial charge in [-0.15, -0.1) is 0 Å². The summed E-state index contributed by atoms with van der Waals surface area (Å²) in [7, 11) is 1.97. The molecule has 2 N–H and O–H groups in total. The van der Waals surface area contributed by atoms with E-state index in [4.69, 9.17) is 0 Å². The number of halogens is 3. The number of nitrogens with zero attached hydrogens (tertiary/aromatic N) is 2. The average molecular weight is 352 g/mol. The lowest BCUT2D eigenvalue weighted by molar-refractivity contribution is -0.137. The first-order chi connectivity index (χ1) is 12.0. The summed E-state index contributed by atoms with van der Waals surface area (Å²) in [6.45, 7) is 3.83. The van der Waals surface area contributed by atoms with Crippen LogP contribution in [0.4, 0.5) is 13.2 Å². The molecule has 0 amide bonds. The number of nitrogens with one attached hydrogen (secondary N) is 2. The van der Waals surface area contributed by atoms with Crippen LogP contribution >= 0.6 is 0 Å². The smallest absolute Gasteiger partial charge is 0.319 e. The molecule has 1 aliphatic rings. The van der Waals surface area contributed by atoms with Crippen molar-refractivity contribution in [3.8, 4) is 11.3 Å². The summed E-state index contributed by atoms with van der Waals surface area (Å²) in [4.78, 5) is 2.39. The second kappa shape index (κ2) is 7.58. The van der Waals surface area contributed by atoms with Gasteiger partial charge in [0.05, 0.1) is 17.5 Å². The minimum atomic E-state index is -4.31. The molecule has 7 heteroatoms. The van der Waals surface area contributed by atoms with E-state index in [0.29, 0.717) is 5.92 Å². The third kappa shape index (κ3) is 4.41. The number of benzene rings is 1. The van der Waals surface area contributed by atoms with Gasteiger partial charge in [0.1, 0.15) is 0 Å². The first-order valence-corrected chi connectivity index (χ1v) is 8.54. The molecule has 0 aliphatic carbocycles. The quantitative estimate of drug-likeness (QED) is 0.865. The molecular formula is C18H23F3N4. The third-order valence-corrected chi connectivity index (χ3v) is 4.71. The van der Waals surface area contributed by atoms with Crippen molar-refractivity contribution in [3.63, 3.8) is 0 Å². The van der Waals surface area contributed by atoms with Gasteiger partial charge in [0, 0.05) is 18.7 Å². The van der Waals surface area contributed by atoms with Gasteiger partial charge >= 0.3 is 6.18 Å². The fraction of sp³-hybridized carbons (Fsp3) is 0.500. The molecule has 0 saturated carbocycles. The van der Waals surface area contributed by atoms with E-state index in [1.54, 1.807) is 6.20 Å². The minimum absolute atomic E-state index is 0.636. The van der Waals surface area contributed by atoms with Gasteiger partial charge < -0.3 is 5.32 Å². The largest absolute Gasteiger partial charge is 0.416 e. The Labute approximate surface area is 145 Å². The molecule has 1 aromatic carbocycles. The molecule has 2 heterocycles. The Morgan fingerprint density at radius 1 is 1.28 bits per heavy atom. The lowest BCUT2D eigenvalue weighted by Gasteiger charge is -2.32. The van der Waals surface area contributed by atoms with Crippen LogP contribution in [-0.4, -0.2) is 41.8 Å². The first-order valence-electron chi connectivity index (χ1n) is 8.54. The second-order valence-electron chi connectivity index (χ2n) is 6.65. The van der Waals surface area contributed by atoms with E-state index in [2.05, 4.69) is 20.4 Å². The highest BCUT2D eigenvalue weighted by Gasteiger charge is 2.30. The Balaban J connectivity index is 1.72. The number of aromatic nitrogens is 2. The zero-order valence-corrected chi connectivity index (χ0v) is 14.2. The Kier molecular flexibility index (Phi) is 5.44. The van der Waals surface area contributed by atoms with E-state index >= 15 is 0 Å². The molecule has 3 rings (SSSR count). The standard InChI is InChI=1S/C18H23F3N4/c1-22-9-13-3-2-8-25(11-13)12-15-10-23-24-17(15)14-4-6-16(7-5-14)18(19,20)21/h4-7,10,13,22H,2-3,8-9,11-12H2,1H3,(H,23,24). The second-order valence-corrected chi connectivity index (χ2v) is 6.65. The molecular weight excluding hydrogens is 329 g/mol. The number of piperidine rings is 1. The topological polar surface area (TPSA) is 44.0 Å². The van der Waals surface area contributed by atoms with Crippen molar-refractivity contribution in [2.24, 2.45) is 5.92 Å². The van der Waals surface area contributed by atoms with Crippen LogP contribution in [0.1, 0.15) is 24.0 Å². The third-order valence-electron chi connectivity index (χ3n) is 4.71. The first kappa shape index (κ1) is 17.9. The van der Waals surface area contributed by atoms with Gasteiger partial charge in [0.15, 0.2) is 0 Å². The van der Waals surface area contributed by atoms with Crippen molar-refractivity contribution >= 4 is 0 Å². The van der Waals surface area contributed by atoms with Crippen molar-refractivity contribution in [2.75, 3.05) is 26.7 Å². The van der Waals surface area contributed by atoms with Gasteiger partial charge in [-0.1, -0.05) is 12.1 Å². The number of rotatable bonds is 5. The number of aromatic amines is 1. The summed E-state index contributed by atoms with van der Waals surface area (Å²) >= 11 is 0. The predicted octanol–water partition coefficient (Wildman–Crippen LogP) is 3.53. The number of hydrogen-bond donors (Lipinski definition) is 2. The molecule has 0 spiro atoms. The molecule has 1 aromatic heterocycles. The molecule has 4 nitrogen and oxygen atoms in total. The van der Waals surface area contributed by atoms with E-state index in [-0.39, 0.29) is 0 Å². The zero-order valence-electron chi connectivity index (χ0n) is 14.2. The van der Waals surface area contributed by atoms with Crippen LogP contribution in [0.15, 0.2) is 30.5 Å². The lowest BCUT2D eigenvalue weighted by atomic mass is 9.97. The number of likely N-dealkylation sites (tertiary alicyclic amines) is 1. The summed E-state index contributed by atoms with van der Waals surface area (Å²) in [5.41, 5.74) is 1.90. The van der Waals surface area contributed by atoms with Crippen molar-refractivity contribution in [3.05, 3.63) is 41.6 Å². The van der Waals surface area contributed by atoms with Gasteiger partial charge in [0.25, 0.3) is 0 Å². The molecule has 0 bridgehead atoms. The van der Waals surface area contributed by atoms with Crippen molar-refractivity contribution in [2.45, 2.75) is 25.6 Å². The van der Waals surface area contributed by atoms with Crippen LogP contribution in [0.2, 0.25) is 0 Å². The van der Waals surface area contributed by atoms with Gasteiger partial charge in [0.2, 0.25) is 0 Å². The van der Waals surface area contributed by atoms with Crippen molar-refractivity contribution in [1.82, 2.24) is 20.4 Å². The monoisotopic (exact) mass is 352 g/mol. The lowest BCUT2D eigenvalue weighted by Crippen LogP contribution is -2.38. The maximum Gasteiger partial charge on any atom is 0.416 e. The number of hydrogen-bond acceptors (Lipinski definition) is 3. The van der Waals surface area contributed by atoms with Crippen LogP contribution < -0.4 is 5.32 Å². The molecule has 0 radical (unpaired) electrons. The van der Waals surface area contributed by atoms with E-state index in [1.165, 1.54) is 25.0 Å². The van der Waals surface area contributed by atoms with Crippen molar-refractivity contribution < 1.29 is 13.2 Å². The molecule has 1 atom stereocenters. The van der Waals surface area contributed by atoms with Crippen LogP contribution in [0.5, 0.6) is 0 Å². The summed E-state index contributed by atoms with van der Waals surface area (Å²) in [6, 6.07) is 5.23. The highest BCUT2D eigenvalue weighted by Crippen LogP contribution is 2.31. The zero-order chi connectivity index (χ0) is 17.9. The molecule has 1 saturated heterocycles. The molecule has 1 aliphatic heterocycles. The number of H-pyrrole nitrogens is 1. The Bertz CT molecular complexity index is 676. The van der Waals surface area contributed by atoms with Gasteiger partial charge in [-0.3, -0.25) is 10.00 Å². The number of alkyl halides is 3. The summed E-state index contributed by atoms with van der Waals surface area (Å²) in [6.07, 6.45) is -0.144. The highest BCUT2D eigenvalue weighted by molar-refractivity contribution is 5.63. The Morgan fingerprint density at radius 3 is 2.72 bits per heavy atom. The SMILES string of the molecule is CNCC1CCCN(Cc2cn[nH]c2-c2ccc(C(F)(F)F)cc2)C1. The van der Waals surface area contributed by atoms with Crippen LogP contribution in [0.25, 0.3) is 11.3 Å². The van der Waals surface area contributed by atoms with Crippen LogP contribution in [0, 0.1) is 5.92 Å². The maximum atomic E-state index is 12.7. The fourth-order valence-corrected chi connectivity index (χ4v) is 3.50. The van der Waals surface area contributed by atoms with Crippen molar-refractivity contribution in [1.29, 1.82) is 0 Å². The van der Waals surface area contributed by atoms with E-state index in [1.807, 2.05) is 7.05 Å². The molecule has 2 aromatic rings. The van der Waals surface area contributed by atoms with Gasteiger partial charge in [-0.25, -0.2) is 0 Å². The predicted molar refractivity (Wildman–Crippen MR) is 91.0 cm³/mol. The normalized spacial score (nSPS) is 19.3. The molecule has 25 heavy (non-hydrogen) atoms. The Hall–Kier alpha value is -1.86. The highest BCUT2D eigenvalue weighted by atomic mass is 19.4. The fourth-order valence-electron chi connectivity index (χ4n) is 3.50. The minimum Gasteiger partial charge on any atom is -0.319 e. The summed E-state index contributed by atoms with van der Waals surface area (Å²) in [5, 5.41) is 10.3. The van der Waals surface area contributed by atoms with Crippen LogP contribution in [0.3, 0.4) is 0 Å². The van der Waals surface area contributed by atoms with Crippen LogP contribution in [-0.2, 0) is 12.7 Å². The molecule has 1 fully saturated rings. The maximum absolute atomic E-state index is 12.7. The van der Waals surface area contributed by atoms with Gasteiger partial charge in [-0.05, 0) is 56.6 Å². The van der Waals surface area contributed by atoms with E-state index in [9.17, 15) is 13.2 Å².